The molecule has 1 aromatic carbocycles. The largest absolute Gasteiger partial charge is 1.00 e. The number of nitrogens with one attached hydrogen (secondary N) is 1. The number of hydrogen-bond donors (Lipinski definition) is 1. The van der Waals surface area contributed by atoms with E-state index in [-0.39, 0.29) is 57.4 Å². The third-order valence-corrected chi connectivity index (χ3v) is 2.33. The first kappa shape index (κ1) is 21.6. The van der Waals surface area contributed by atoms with Crippen LogP contribution in [0.4, 0.5) is 0 Å². The number of methoxy groups -OCH3 is 1. The van der Waals surface area contributed by atoms with Crippen molar-refractivity contribution in [3.8, 4) is 5.75 Å². The van der Waals surface area contributed by atoms with Gasteiger partial charge in [0.25, 0.3) is 0 Å². The van der Waals surface area contributed by atoms with Crippen LogP contribution in [0.15, 0.2) is 24.3 Å². The van der Waals surface area contributed by atoms with Crippen molar-refractivity contribution < 1.29 is 70.8 Å². The molecule has 0 unspecified atom stereocenters. The third-order valence-electron chi connectivity index (χ3n) is 2.33. The maximum Gasteiger partial charge on any atom is 1.00 e. The second kappa shape index (κ2) is 9.70. The van der Waals surface area contributed by atoms with Crippen LogP contribution in [0.1, 0.15) is 38.2 Å². The summed E-state index contributed by atoms with van der Waals surface area (Å²) in [6.45, 7) is 7.04. The summed E-state index contributed by atoms with van der Waals surface area (Å²) in [7, 11) is 1.60. The number of fused-ring (bicyclic) bond motifs is 1. The first-order valence-electron chi connectivity index (χ1n) is 6.79. The number of hydrogen-bond acceptors (Lipinski definition) is 4. The Labute approximate surface area is 173 Å². The molecule has 2 rings (SSSR count). The molecule has 1 aromatic heterocycles. The summed E-state index contributed by atoms with van der Waals surface area (Å²) in [6, 6.07) is 7.39. The standard InChI is InChI=1S/C12H13NO3.C4H9O.K/c1-3-16-12(14)9-7-8-5-4-6-10(15-2)11(8)13-9;1-4(2,3)5;/h4-7,13H,3H2,1-2H3;1-3H3;/q;-1;+1. The number of aromatic amines is 1. The van der Waals surface area contributed by atoms with E-state index in [2.05, 4.69) is 4.98 Å². The Balaban J connectivity index is 0.000000644. The molecule has 0 aliphatic carbocycles. The molecule has 0 atom stereocenters. The van der Waals surface area contributed by atoms with E-state index >= 15 is 0 Å². The minimum atomic E-state index is -0.750. The summed E-state index contributed by atoms with van der Waals surface area (Å²) < 4.78 is 10.1. The Kier molecular flexibility index (Phi) is 9.53. The number of esters is 1. The topological polar surface area (TPSA) is 74.4 Å². The van der Waals surface area contributed by atoms with Crippen LogP contribution in [-0.2, 0) is 4.74 Å². The summed E-state index contributed by atoms with van der Waals surface area (Å²) in [5.74, 6) is 0.369. The molecule has 0 fully saturated rings. The molecular weight excluding hydrogens is 309 g/mol. The van der Waals surface area contributed by atoms with E-state index in [1.165, 1.54) is 0 Å². The molecule has 0 bridgehead atoms. The van der Waals surface area contributed by atoms with Gasteiger partial charge in [-0.1, -0.05) is 32.9 Å². The van der Waals surface area contributed by atoms with Gasteiger partial charge < -0.3 is 19.6 Å². The zero-order valence-corrected chi connectivity index (χ0v) is 17.3. The Morgan fingerprint density at radius 2 is 1.91 bits per heavy atom. The fourth-order valence-corrected chi connectivity index (χ4v) is 1.62. The monoisotopic (exact) mass is 331 g/mol. The quantitative estimate of drug-likeness (QED) is 0.608. The van der Waals surface area contributed by atoms with Gasteiger partial charge in [0.15, 0.2) is 0 Å². The van der Waals surface area contributed by atoms with Crippen molar-refractivity contribution in [3.05, 3.63) is 30.0 Å². The Hall–Kier alpha value is -0.374. The van der Waals surface area contributed by atoms with Crippen molar-refractivity contribution in [1.29, 1.82) is 0 Å². The van der Waals surface area contributed by atoms with Crippen LogP contribution in [0.3, 0.4) is 0 Å². The molecule has 0 aliphatic rings. The fraction of sp³-hybridized carbons (Fsp3) is 0.438. The maximum absolute atomic E-state index is 11.5. The molecule has 0 saturated carbocycles. The normalized spacial score (nSPS) is 10.3. The summed E-state index contributed by atoms with van der Waals surface area (Å²) in [4.78, 5) is 14.5. The number of aromatic nitrogens is 1. The predicted octanol–water partition coefficient (Wildman–Crippen LogP) is -0.498. The van der Waals surface area contributed by atoms with E-state index in [0.29, 0.717) is 18.1 Å². The van der Waals surface area contributed by atoms with Gasteiger partial charge in [-0.3, -0.25) is 0 Å². The van der Waals surface area contributed by atoms with Gasteiger partial charge >= 0.3 is 57.4 Å². The van der Waals surface area contributed by atoms with Gasteiger partial charge in [-0.05, 0) is 19.1 Å². The number of carbonyl (C=O) groups is 1. The van der Waals surface area contributed by atoms with Gasteiger partial charge in [0, 0.05) is 5.39 Å². The number of ether oxygens (including phenoxy) is 2. The van der Waals surface area contributed by atoms with Gasteiger partial charge in [-0.2, -0.15) is 0 Å². The van der Waals surface area contributed by atoms with E-state index < -0.39 is 5.60 Å². The first-order chi connectivity index (χ1) is 9.76. The van der Waals surface area contributed by atoms with Crippen molar-refractivity contribution >= 4 is 16.9 Å². The zero-order chi connectivity index (χ0) is 16.0. The average molecular weight is 331 g/mol. The molecular formula is C16H22KNO4. The van der Waals surface area contributed by atoms with Gasteiger partial charge in [0.1, 0.15) is 11.4 Å². The van der Waals surface area contributed by atoms with Gasteiger partial charge in [-0.15, -0.1) is 5.60 Å². The SMILES string of the molecule is CC(C)(C)[O-].CCOC(=O)c1cc2cccc(OC)c2[nH]1.[K+]. The molecule has 1 heterocycles. The molecule has 116 valence electrons. The van der Waals surface area contributed by atoms with Crippen LogP contribution in [0.2, 0.25) is 0 Å². The Morgan fingerprint density at radius 3 is 2.41 bits per heavy atom. The van der Waals surface area contributed by atoms with E-state index in [4.69, 9.17) is 9.47 Å². The molecule has 0 amide bonds. The van der Waals surface area contributed by atoms with Crippen molar-refractivity contribution in [3.63, 3.8) is 0 Å². The number of rotatable bonds is 3. The van der Waals surface area contributed by atoms with Crippen molar-refractivity contribution in [1.82, 2.24) is 4.98 Å². The van der Waals surface area contributed by atoms with E-state index in [0.717, 1.165) is 10.9 Å². The summed E-state index contributed by atoms with van der Waals surface area (Å²) in [5, 5.41) is 11.0. The van der Waals surface area contributed by atoms with Crippen LogP contribution in [0, 0.1) is 0 Å². The third kappa shape index (κ3) is 7.26. The fourth-order valence-electron chi connectivity index (χ4n) is 1.62. The summed E-state index contributed by atoms with van der Waals surface area (Å²) >= 11 is 0. The average Bonchev–Trinajstić information content (AvgIpc) is 2.80. The van der Waals surface area contributed by atoms with Crippen LogP contribution in [-0.4, -0.2) is 30.3 Å². The Bertz CT molecular complexity index is 596. The number of benzene rings is 1. The minimum absolute atomic E-state index is 0. The van der Waals surface area contributed by atoms with Crippen molar-refractivity contribution in [2.45, 2.75) is 33.3 Å². The molecule has 1 N–H and O–H groups in total. The summed E-state index contributed by atoms with van der Waals surface area (Å²) in [6.07, 6.45) is 0. The second-order valence-corrected chi connectivity index (χ2v) is 5.44. The Morgan fingerprint density at radius 1 is 1.32 bits per heavy atom. The van der Waals surface area contributed by atoms with E-state index in [1.807, 2.05) is 18.2 Å². The van der Waals surface area contributed by atoms with E-state index in [9.17, 15) is 9.90 Å². The van der Waals surface area contributed by atoms with Crippen LogP contribution < -0.4 is 61.2 Å². The minimum Gasteiger partial charge on any atom is -0.850 e. The maximum atomic E-state index is 11.5. The molecule has 2 aromatic rings. The van der Waals surface area contributed by atoms with Gasteiger partial charge in [-0.25, -0.2) is 4.79 Å². The van der Waals surface area contributed by atoms with Gasteiger partial charge in [0.2, 0.25) is 0 Å². The molecule has 0 aliphatic heterocycles. The number of H-pyrrole nitrogens is 1. The van der Waals surface area contributed by atoms with Crippen LogP contribution in [0.5, 0.6) is 5.75 Å². The van der Waals surface area contributed by atoms with Crippen LogP contribution in [0.25, 0.3) is 10.9 Å². The smallest absolute Gasteiger partial charge is 0.850 e. The van der Waals surface area contributed by atoms with Crippen molar-refractivity contribution in [2.24, 2.45) is 0 Å². The van der Waals surface area contributed by atoms with Gasteiger partial charge in [0.05, 0.1) is 19.2 Å². The second-order valence-electron chi connectivity index (χ2n) is 5.44. The molecule has 0 saturated heterocycles. The molecule has 0 radical (unpaired) electrons. The first-order valence-corrected chi connectivity index (χ1v) is 6.79. The van der Waals surface area contributed by atoms with Crippen molar-refractivity contribution in [2.75, 3.05) is 13.7 Å². The molecule has 22 heavy (non-hydrogen) atoms. The molecule has 0 spiro atoms. The summed E-state index contributed by atoms with van der Waals surface area (Å²) in [5.41, 5.74) is 0.509. The predicted molar refractivity (Wildman–Crippen MR) is 80.6 cm³/mol. The molecule has 5 nitrogen and oxygen atoms in total. The number of para-hydroxylation sites is 1. The van der Waals surface area contributed by atoms with E-state index in [1.54, 1.807) is 40.9 Å². The zero-order valence-electron chi connectivity index (χ0n) is 14.1. The number of carbonyl (C=O) groups excluding carboxylic acids is 1. The van der Waals surface area contributed by atoms with Crippen LogP contribution >= 0.6 is 0 Å². The molecule has 6 heteroatoms.